The van der Waals surface area contributed by atoms with E-state index in [1.165, 1.54) is 0 Å². The SMILES string of the molecule is CN1CCN(c2cncc3[nH]c(-c4[nH]nc5ncc(-c6cncc(N(C)C)c6)cc45)nc23)CC1. The Morgan fingerprint density at radius 1 is 0.912 bits per heavy atom. The number of H-pyrrole nitrogens is 2. The zero-order valence-electron chi connectivity index (χ0n) is 19.4. The first kappa shape index (κ1) is 20.5. The van der Waals surface area contributed by atoms with E-state index in [-0.39, 0.29) is 0 Å². The van der Waals surface area contributed by atoms with Crippen LogP contribution in [-0.2, 0) is 0 Å². The Bertz CT molecular complexity index is 1480. The molecule has 6 rings (SSSR count). The number of anilines is 2. The van der Waals surface area contributed by atoms with Crippen LogP contribution in [0.1, 0.15) is 0 Å². The van der Waals surface area contributed by atoms with Crippen LogP contribution in [0.3, 0.4) is 0 Å². The van der Waals surface area contributed by atoms with Crippen molar-refractivity contribution in [1.82, 2.24) is 40.0 Å². The minimum atomic E-state index is 0.647. The fourth-order valence-corrected chi connectivity index (χ4v) is 4.38. The highest BCUT2D eigenvalue weighted by Gasteiger charge is 2.20. The molecule has 1 fully saturated rings. The molecule has 10 nitrogen and oxygen atoms in total. The molecule has 10 heteroatoms. The topological polar surface area (TPSA) is 106 Å². The Hall–Kier alpha value is -4.05. The Kier molecular flexibility index (Phi) is 4.88. The van der Waals surface area contributed by atoms with Crippen molar-refractivity contribution in [2.75, 3.05) is 57.1 Å². The first-order valence-electron chi connectivity index (χ1n) is 11.3. The third-order valence-electron chi connectivity index (χ3n) is 6.44. The molecule has 1 aliphatic rings. The van der Waals surface area contributed by atoms with Crippen molar-refractivity contribution in [1.29, 1.82) is 0 Å². The third kappa shape index (κ3) is 3.52. The lowest BCUT2D eigenvalue weighted by Gasteiger charge is -2.33. The van der Waals surface area contributed by atoms with Crippen molar-refractivity contribution < 1.29 is 0 Å². The Morgan fingerprint density at radius 3 is 2.53 bits per heavy atom. The number of hydrogen-bond donors (Lipinski definition) is 2. The van der Waals surface area contributed by atoms with Gasteiger partial charge in [0.15, 0.2) is 11.5 Å². The molecule has 0 radical (unpaired) electrons. The number of aromatic amines is 2. The van der Waals surface area contributed by atoms with E-state index in [0.29, 0.717) is 5.65 Å². The van der Waals surface area contributed by atoms with Gasteiger partial charge >= 0.3 is 0 Å². The fraction of sp³-hybridized carbons (Fsp3) is 0.292. The quantitative estimate of drug-likeness (QED) is 0.427. The van der Waals surface area contributed by atoms with Gasteiger partial charge in [0.1, 0.15) is 11.2 Å². The highest BCUT2D eigenvalue weighted by molar-refractivity contribution is 5.95. The van der Waals surface area contributed by atoms with Crippen molar-refractivity contribution in [2.45, 2.75) is 0 Å². The molecular weight excluding hydrogens is 428 g/mol. The number of hydrogen-bond acceptors (Lipinski definition) is 8. The molecule has 0 spiro atoms. The van der Waals surface area contributed by atoms with Crippen LogP contribution in [0, 0.1) is 0 Å². The summed E-state index contributed by atoms with van der Waals surface area (Å²) in [6.07, 6.45) is 9.27. The summed E-state index contributed by atoms with van der Waals surface area (Å²) in [5.41, 5.74) is 7.34. The molecular formula is C24H26N10. The maximum Gasteiger partial charge on any atom is 0.181 e. The van der Waals surface area contributed by atoms with Gasteiger partial charge in [-0.1, -0.05) is 0 Å². The Balaban J connectivity index is 1.42. The van der Waals surface area contributed by atoms with Gasteiger partial charge in [0.25, 0.3) is 0 Å². The van der Waals surface area contributed by atoms with Crippen molar-refractivity contribution in [2.24, 2.45) is 0 Å². The predicted molar refractivity (Wildman–Crippen MR) is 134 cm³/mol. The van der Waals surface area contributed by atoms with Crippen LogP contribution in [0.15, 0.2) is 43.1 Å². The highest BCUT2D eigenvalue weighted by Crippen LogP contribution is 2.32. The van der Waals surface area contributed by atoms with Gasteiger partial charge in [0.2, 0.25) is 0 Å². The summed E-state index contributed by atoms with van der Waals surface area (Å²) in [7, 11) is 6.16. The second-order valence-electron chi connectivity index (χ2n) is 8.95. The Morgan fingerprint density at radius 2 is 1.71 bits per heavy atom. The second kappa shape index (κ2) is 8.07. The number of imidazole rings is 1. The lowest BCUT2D eigenvalue weighted by atomic mass is 10.1. The highest BCUT2D eigenvalue weighted by atomic mass is 15.3. The molecule has 0 atom stereocenters. The standard InChI is InChI=1S/C24H26N10/c1-32(2)17-8-15(10-25-12-17)16-9-18-21(30-31-23(18)27-11-16)24-28-19-13-26-14-20(22(19)29-24)34-6-4-33(3)5-7-34/h8-14H,4-7H2,1-3H3,(H,28,29)(H,27,30,31). The monoisotopic (exact) mass is 454 g/mol. The number of fused-ring (bicyclic) bond motifs is 2. The summed E-state index contributed by atoms with van der Waals surface area (Å²) in [5, 5.41) is 8.45. The lowest BCUT2D eigenvalue weighted by molar-refractivity contribution is 0.313. The average Bonchev–Trinajstić information content (AvgIpc) is 3.48. The van der Waals surface area contributed by atoms with Crippen LogP contribution < -0.4 is 9.80 Å². The van der Waals surface area contributed by atoms with Crippen molar-refractivity contribution >= 4 is 33.4 Å². The first-order chi connectivity index (χ1) is 16.6. The summed E-state index contributed by atoms with van der Waals surface area (Å²) in [4.78, 5) is 28.6. The molecule has 0 saturated carbocycles. The molecule has 0 bridgehead atoms. The zero-order chi connectivity index (χ0) is 23.2. The van der Waals surface area contributed by atoms with E-state index in [1.807, 2.05) is 50.0 Å². The van der Waals surface area contributed by atoms with Crippen molar-refractivity contribution in [3.63, 3.8) is 0 Å². The first-order valence-corrected chi connectivity index (χ1v) is 11.3. The van der Waals surface area contributed by atoms with Gasteiger partial charge < -0.3 is 19.7 Å². The molecule has 1 aliphatic heterocycles. The van der Waals surface area contributed by atoms with Gasteiger partial charge in [-0.3, -0.25) is 15.1 Å². The molecule has 34 heavy (non-hydrogen) atoms. The number of likely N-dealkylation sites (N-methyl/N-ethyl adjacent to an activating group) is 1. The number of aromatic nitrogens is 7. The number of piperazine rings is 1. The molecule has 0 aromatic carbocycles. The molecule has 0 amide bonds. The fourth-order valence-electron chi connectivity index (χ4n) is 4.38. The van der Waals surface area contributed by atoms with E-state index in [9.17, 15) is 0 Å². The zero-order valence-corrected chi connectivity index (χ0v) is 19.4. The normalized spacial score (nSPS) is 14.9. The third-order valence-corrected chi connectivity index (χ3v) is 6.44. The summed E-state index contributed by atoms with van der Waals surface area (Å²) < 4.78 is 0. The lowest BCUT2D eigenvalue weighted by Crippen LogP contribution is -2.44. The van der Waals surface area contributed by atoms with E-state index >= 15 is 0 Å². The maximum atomic E-state index is 4.97. The van der Waals surface area contributed by atoms with Crippen molar-refractivity contribution in [3.05, 3.63) is 43.1 Å². The largest absolute Gasteiger partial charge is 0.376 e. The maximum absolute atomic E-state index is 4.97. The van der Waals surface area contributed by atoms with Crippen molar-refractivity contribution in [3.8, 4) is 22.6 Å². The smallest absolute Gasteiger partial charge is 0.181 e. The van der Waals surface area contributed by atoms with Crippen LogP contribution in [0.5, 0.6) is 0 Å². The number of nitrogens with zero attached hydrogens (tertiary/aromatic N) is 8. The molecule has 172 valence electrons. The molecule has 2 N–H and O–H groups in total. The molecule has 1 saturated heterocycles. The van der Waals surface area contributed by atoms with Crippen LogP contribution in [0.2, 0.25) is 0 Å². The molecule has 5 aromatic rings. The van der Waals surface area contributed by atoms with Gasteiger partial charge in [0, 0.05) is 63.8 Å². The summed E-state index contributed by atoms with van der Waals surface area (Å²) in [6, 6.07) is 4.19. The van der Waals surface area contributed by atoms with E-state index < -0.39 is 0 Å². The van der Waals surface area contributed by atoms with Gasteiger partial charge in [-0.15, -0.1) is 0 Å². The molecule has 0 aliphatic carbocycles. The molecule has 6 heterocycles. The molecule has 5 aromatic heterocycles. The minimum Gasteiger partial charge on any atom is -0.376 e. The van der Waals surface area contributed by atoms with Crippen LogP contribution in [-0.4, -0.2) is 87.3 Å². The van der Waals surface area contributed by atoms with Crippen LogP contribution >= 0.6 is 0 Å². The van der Waals surface area contributed by atoms with E-state index in [2.05, 4.69) is 59.1 Å². The van der Waals surface area contributed by atoms with Crippen LogP contribution in [0.25, 0.3) is 44.7 Å². The Labute approximate surface area is 196 Å². The minimum absolute atomic E-state index is 0.647. The predicted octanol–water partition coefficient (Wildman–Crippen LogP) is 2.78. The van der Waals surface area contributed by atoms with E-state index in [4.69, 9.17) is 4.98 Å². The van der Waals surface area contributed by atoms with E-state index in [0.717, 1.165) is 76.6 Å². The number of rotatable bonds is 4. The number of pyridine rings is 3. The van der Waals surface area contributed by atoms with Gasteiger partial charge in [-0.25, -0.2) is 9.97 Å². The summed E-state index contributed by atoms with van der Waals surface area (Å²) >= 11 is 0. The second-order valence-corrected chi connectivity index (χ2v) is 8.95. The molecule has 0 unspecified atom stereocenters. The number of nitrogens with one attached hydrogen (secondary N) is 2. The summed E-state index contributed by atoms with van der Waals surface area (Å²) in [5.74, 6) is 0.722. The van der Waals surface area contributed by atoms with E-state index in [1.54, 1.807) is 0 Å². The van der Waals surface area contributed by atoms with Gasteiger partial charge in [-0.05, 0) is 19.2 Å². The van der Waals surface area contributed by atoms with Gasteiger partial charge in [-0.2, -0.15) is 5.10 Å². The average molecular weight is 455 g/mol. The summed E-state index contributed by atoms with van der Waals surface area (Å²) in [6.45, 7) is 3.97. The van der Waals surface area contributed by atoms with Crippen LogP contribution in [0.4, 0.5) is 11.4 Å². The van der Waals surface area contributed by atoms with Gasteiger partial charge in [0.05, 0.1) is 40.9 Å².